The summed E-state index contributed by atoms with van der Waals surface area (Å²) in [5, 5.41) is 7.61. The molecular formula is C16H26N2S. The lowest BCUT2D eigenvalue weighted by Gasteiger charge is -2.29. The summed E-state index contributed by atoms with van der Waals surface area (Å²) in [5.41, 5.74) is 0. The number of nitrogens with one attached hydrogen (secondary N) is 2. The van der Waals surface area contributed by atoms with E-state index in [1.54, 1.807) is 0 Å². The number of rotatable bonds is 4. The van der Waals surface area contributed by atoms with E-state index in [0.29, 0.717) is 12.1 Å². The molecule has 4 unspecified atom stereocenters. The Morgan fingerprint density at radius 2 is 2.16 bits per heavy atom. The van der Waals surface area contributed by atoms with Crippen molar-refractivity contribution in [3.05, 3.63) is 21.9 Å². The molecule has 1 saturated heterocycles. The molecule has 0 spiro atoms. The minimum absolute atomic E-state index is 0.505. The van der Waals surface area contributed by atoms with Crippen LogP contribution in [0.2, 0.25) is 0 Å². The fourth-order valence-electron chi connectivity index (χ4n) is 3.84. The summed E-state index contributed by atoms with van der Waals surface area (Å²) in [6, 6.07) is 6.52. The summed E-state index contributed by atoms with van der Waals surface area (Å²) in [6.45, 7) is 5.75. The molecule has 1 aliphatic carbocycles. The van der Waals surface area contributed by atoms with Gasteiger partial charge in [0.1, 0.15) is 0 Å². The molecular weight excluding hydrogens is 252 g/mol. The molecule has 1 aliphatic heterocycles. The Bertz CT molecular complexity index is 409. The molecule has 2 aliphatic rings. The molecule has 0 amide bonds. The molecule has 3 rings (SSSR count). The largest absolute Gasteiger partial charge is 0.314 e. The maximum Gasteiger partial charge on any atom is 0.0388 e. The van der Waals surface area contributed by atoms with Crippen LogP contribution >= 0.6 is 11.3 Å². The van der Waals surface area contributed by atoms with Crippen LogP contribution in [-0.4, -0.2) is 18.6 Å². The molecule has 106 valence electrons. The predicted octanol–water partition coefficient (Wildman–Crippen LogP) is 3.63. The third-order valence-electron chi connectivity index (χ3n) is 4.84. The Hall–Kier alpha value is -0.380. The molecule has 2 heterocycles. The zero-order valence-electron chi connectivity index (χ0n) is 12.1. The SMILES string of the molecule is Cc1ccc(C(C)NC2CCCC2C2CCCN2)s1. The van der Waals surface area contributed by atoms with Gasteiger partial charge in [0.15, 0.2) is 0 Å². The van der Waals surface area contributed by atoms with Crippen LogP contribution in [0.5, 0.6) is 0 Å². The quantitative estimate of drug-likeness (QED) is 0.879. The highest BCUT2D eigenvalue weighted by molar-refractivity contribution is 7.12. The zero-order valence-corrected chi connectivity index (χ0v) is 12.9. The van der Waals surface area contributed by atoms with Crippen LogP contribution in [-0.2, 0) is 0 Å². The van der Waals surface area contributed by atoms with Gasteiger partial charge in [-0.2, -0.15) is 0 Å². The molecule has 0 aromatic carbocycles. The van der Waals surface area contributed by atoms with Crippen molar-refractivity contribution in [3.8, 4) is 0 Å². The fourth-order valence-corrected chi connectivity index (χ4v) is 4.73. The molecule has 0 radical (unpaired) electrons. The molecule has 2 nitrogen and oxygen atoms in total. The first kappa shape index (κ1) is 13.6. The number of thiophene rings is 1. The first-order chi connectivity index (χ1) is 9.24. The van der Waals surface area contributed by atoms with E-state index >= 15 is 0 Å². The standard InChI is InChI=1S/C16H26N2S/c1-11-8-9-16(19-11)12(2)18-15-6-3-5-13(15)14-7-4-10-17-14/h8-9,12-15,17-18H,3-7,10H2,1-2H3. The molecule has 0 bridgehead atoms. The second-order valence-corrected chi connectivity index (χ2v) is 7.56. The highest BCUT2D eigenvalue weighted by Crippen LogP contribution is 2.34. The lowest BCUT2D eigenvalue weighted by Crippen LogP contribution is -2.42. The minimum Gasteiger partial charge on any atom is -0.314 e. The lowest BCUT2D eigenvalue weighted by atomic mass is 9.92. The van der Waals surface area contributed by atoms with Crippen LogP contribution in [0.1, 0.15) is 54.8 Å². The molecule has 2 N–H and O–H groups in total. The van der Waals surface area contributed by atoms with E-state index < -0.39 is 0 Å². The maximum atomic E-state index is 3.91. The van der Waals surface area contributed by atoms with Gasteiger partial charge in [0, 0.05) is 27.9 Å². The van der Waals surface area contributed by atoms with E-state index in [2.05, 4.69) is 36.6 Å². The average molecular weight is 278 g/mol. The highest BCUT2D eigenvalue weighted by atomic mass is 32.1. The monoisotopic (exact) mass is 278 g/mol. The van der Waals surface area contributed by atoms with E-state index in [0.717, 1.165) is 12.0 Å². The lowest BCUT2D eigenvalue weighted by molar-refractivity contribution is 0.304. The molecule has 1 aromatic rings. The van der Waals surface area contributed by atoms with Gasteiger partial charge in [0.05, 0.1) is 0 Å². The minimum atomic E-state index is 0.505. The van der Waals surface area contributed by atoms with Crippen molar-refractivity contribution in [2.24, 2.45) is 5.92 Å². The van der Waals surface area contributed by atoms with Crippen LogP contribution in [0.4, 0.5) is 0 Å². The molecule has 4 atom stereocenters. The predicted molar refractivity (Wildman–Crippen MR) is 82.8 cm³/mol. The first-order valence-electron chi connectivity index (χ1n) is 7.80. The second-order valence-electron chi connectivity index (χ2n) is 6.24. The Labute approximate surface area is 121 Å². The summed E-state index contributed by atoms with van der Waals surface area (Å²) >= 11 is 1.93. The molecule has 2 fully saturated rings. The molecule has 1 aromatic heterocycles. The van der Waals surface area contributed by atoms with Crippen molar-refractivity contribution >= 4 is 11.3 Å². The topological polar surface area (TPSA) is 24.1 Å². The fraction of sp³-hybridized carbons (Fsp3) is 0.750. The zero-order chi connectivity index (χ0) is 13.2. The summed E-state index contributed by atoms with van der Waals surface area (Å²) in [6.07, 6.45) is 6.92. The molecule has 1 saturated carbocycles. The van der Waals surface area contributed by atoms with Crippen molar-refractivity contribution in [2.45, 2.75) is 64.1 Å². The van der Waals surface area contributed by atoms with Gasteiger partial charge in [-0.05, 0) is 64.1 Å². The first-order valence-corrected chi connectivity index (χ1v) is 8.61. The normalized spacial score (nSPS) is 32.8. The van der Waals surface area contributed by atoms with Gasteiger partial charge in [0.25, 0.3) is 0 Å². The summed E-state index contributed by atoms with van der Waals surface area (Å²) in [5.74, 6) is 0.853. The van der Waals surface area contributed by atoms with E-state index in [4.69, 9.17) is 0 Å². The van der Waals surface area contributed by atoms with Gasteiger partial charge in [-0.25, -0.2) is 0 Å². The van der Waals surface area contributed by atoms with Gasteiger partial charge in [-0.1, -0.05) is 6.42 Å². The molecule has 19 heavy (non-hydrogen) atoms. The molecule has 3 heteroatoms. The van der Waals surface area contributed by atoms with Crippen molar-refractivity contribution < 1.29 is 0 Å². The van der Waals surface area contributed by atoms with Gasteiger partial charge in [-0.15, -0.1) is 11.3 Å². The van der Waals surface area contributed by atoms with Crippen LogP contribution in [0, 0.1) is 12.8 Å². The Morgan fingerprint density at radius 1 is 1.26 bits per heavy atom. The summed E-state index contributed by atoms with van der Waals surface area (Å²) < 4.78 is 0. The number of hydrogen-bond acceptors (Lipinski definition) is 3. The average Bonchev–Trinajstić information content (AvgIpc) is 3.07. The van der Waals surface area contributed by atoms with Crippen molar-refractivity contribution in [3.63, 3.8) is 0 Å². The van der Waals surface area contributed by atoms with E-state index in [-0.39, 0.29) is 0 Å². The maximum absolute atomic E-state index is 3.91. The Kier molecular flexibility index (Phi) is 4.25. The number of hydrogen-bond donors (Lipinski definition) is 2. The van der Waals surface area contributed by atoms with Crippen molar-refractivity contribution in [2.75, 3.05) is 6.54 Å². The van der Waals surface area contributed by atoms with Crippen molar-refractivity contribution in [1.82, 2.24) is 10.6 Å². The smallest absolute Gasteiger partial charge is 0.0388 e. The second kappa shape index (κ2) is 5.94. The third-order valence-corrected chi connectivity index (χ3v) is 6.02. The van der Waals surface area contributed by atoms with Crippen LogP contribution in [0.3, 0.4) is 0 Å². The Morgan fingerprint density at radius 3 is 2.84 bits per heavy atom. The van der Waals surface area contributed by atoms with Crippen LogP contribution in [0.15, 0.2) is 12.1 Å². The van der Waals surface area contributed by atoms with Crippen LogP contribution in [0.25, 0.3) is 0 Å². The van der Waals surface area contributed by atoms with Gasteiger partial charge < -0.3 is 10.6 Å². The van der Waals surface area contributed by atoms with E-state index in [9.17, 15) is 0 Å². The van der Waals surface area contributed by atoms with Crippen molar-refractivity contribution in [1.29, 1.82) is 0 Å². The van der Waals surface area contributed by atoms with Gasteiger partial charge >= 0.3 is 0 Å². The Balaban J connectivity index is 1.61. The van der Waals surface area contributed by atoms with E-state index in [1.165, 1.54) is 48.4 Å². The third kappa shape index (κ3) is 3.04. The highest BCUT2D eigenvalue weighted by Gasteiger charge is 2.35. The summed E-state index contributed by atoms with van der Waals surface area (Å²) in [4.78, 5) is 2.91. The van der Waals surface area contributed by atoms with Gasteiger partial charge in [0.2, 0.25) is 0 Å². The number of aryl methyl sites for hydroxylation is 1. The van der Waals surface area contributed by atoms with Crippen LogP contribution < -0.4 is 10.6 Å². The van der Waals surface area contributed by atoms with E-state index in [1.807, 2.05) is 11.3 Å². The van der Waals surface area contributed by atoms with Gasteiger partial charge in [-0.3, -0.25) is 0 Å². The summed E-state index contributed by atoms with van der Waals surface area (Å²) in [7, 11) is 0.